The molecule has 0 aliphatic carbocycles. The Morgan fingerprint density at radius 3 is 2.71 bits per heavy atom. The number of nitrogens with zero attached hydrogens (tertiary/aromatic N) is 3. The second kappa shape index (κ2) is 4.04. The molecule has 0 spiro atoms. The summed E-state index contributed by atoms with van der Waals surface area (Å²) >= 11 is 0. The minimum Gasteiger partial charge on any atom is -0.275 e. The Balaban J connectivity index is 2.99. The van der Waals surface area contributed by atoms with Crippen LogP contribution in [0.2, 0.25) is 0 Å². The fraction of sp³-hybridized carbons (Fsp3) is 0.444. The van der Waals surface area contributed by atoms with Crippen LogP contribution in [0.25, 0.3) is 6.08 Å². The van der Waals surface area contributed by atoms with Gasteiger partial charge in [0.25, 0.3) is 5.70 Å². The van der Waals surface area contributed by atoms with E-state index in [1.807, 2.05) is 0 Å². The van der Waals surface area contributed by atoms with Crippen LogP contribution in [-0.4, -0.2) is 14.7 Å². The average molecular weight is 195 g/mol. The third kappa shape index (κ3) is 2.42. The van der Waals surface area contributed by atoms with E-state index in [1.54, 1.807) is 37.8 Å². The van der Waals surface area contributed by atoms with Crippen LogP contribution in [0.3, 0.4) is 0 Å². The van der Waals surface area contributed by atoms with E-state index < -0.39 is 0 Å². The van der Waals surface area contributed by atoms with Crippen LogP contribution < -0.4 is 0 Å². The molecule has 0 aromatic carbocycles. The molecule has 0 N–H and O–H groups in total. The van der Waals surface area contributed by atoms with Gasteiger partial charge in [0.05, 0.1) is 10.6 Å². The summed E-state index contributed by atoms with van der Waals surface area (Å²) in [7, 11) is 1.78. The number of aromatic nitrogens is 2. The number of aryl methyl sites for hydroxylation is 1. The van der Waals surface area contributed by atoms with E-state index in [0.29, 0.717) is 5.69 Å². The van der Waals surface area contributed by atoms with Crippen LogP contribution in [0.5, 0.6) is 0 Å². The van der Waals surface area contributed by atoms with Crippen LogP contribution in [0.1, 0.15) is 19.5 Å². The lowest BCUT2D eigenvalue weighted by Crippen LogP contribution is -2.05. The first-order valence-corrected chi connectivity index (χ1v) is 4.36. The topological polar surface area (TPSA) is 61.0 Å². The Morgan fingerprint density at radius 2 is 2.36 bits per heavy atom. The molecule has 1 rings (SSSR count). The molecule has 76 valence electrons. The van der Waals surface area contributed by atoms with Crippen molar-refractivity contribution in [3.63, 3.8) is 0 Å². The normalized spacial score (nSPS) is 12.1. The molecule has 0 radical (unpaired) electrons. The van der Waals surface area contributed by atoms with Gasteiger partial charge in [0, 0.05) is 25.2 Å². The minimum atomic E-state index is -0.362. The van der Waals surface area contributed by atoms with Gasteiger partial charge in [0.2, 0.25) is 0 Å². The first-order valence-electron chi connectivity index (χ1n) is 4.36. The number of allylic oxidation sites excluding steroid dienone is 1. The van der Waals surface area contributed by atoms with Crippen LogP contribution >= 0.6 is 0 Å². The van der Waals surface area contributed by atoms with Gasteiger partial charge in [0.15, 0.2) is 0 Å². The summed E-state index contributed by atoms with van der Waals surface area (Å²) < 4.78 is 1.61. The van der Waals surface area contributed by atoms with Gasteiger partial charge in [0.1, 0.15) is 0 Å². The van der Waals surface area contributed by atoms with Crippen molar-refractivity contribution in [1.29, 1.82) is 0 Å². The molecule has 1 heterocycles. The highest BCUT2D eigenvalue weighted by Crippen LogP contribution is 2.13. The van der Waals surface area contributed by atoms with Gasteiger partial charge in [-0.05, 0) is 6.07 Å². The summed E-state index contributed by atoms with van der Waals surface area (Å²) in [6.07, 6.45) is 3.26. The predicted octanol–water partition coefficient (Wildman–Crippen LogP) is 1.69. The minimum absolute atomic E-state index is 0.105. The van der Waals surface area contributed by atoms with E-state index in [-0.39, 0.29) is 16.5 Å². The summed E-state index contributed by atoms with van der Waals surface area (Å²) in [4.78, 5) is 10.3. The van der Waals surface area contributed by atoms with Gasteiger partial charge in [-0.25, -0.2) is 0 Å². The molecule has 0 bridgehead atoms. The smallest absolute Gasteiger partial charge is 0.250 e. The van der Waals surface area contributed by atoms with Gasteiger partial charge in [-0.1, -0.05) is 13.8 Å². The molecule has 0 aliphatic rings. The Kier molecular flexibility index (Phi) is 3.01. The number of hydrogen-bond acceptors (Lipinski definition) is 3. The molecule has 0 saturated heterocycles. The fourth-order valence-corrected chi connectivity index (χ4v) is 1.09. The molecule has 5 heteroatoms. The quantitative estimate of drug-likeness (QED) is 0.544. The Labute approximate surface area is 82.2 Å². The molecule has 1 aromatic heterocycles. The summed E-state index contributed by atoms with van der Waals surface area (Å²) in [5.41, 5.74) is 0.802. The summed E-state index contributed by atoms with van der Waals surface area (Å²) in [5.74, 6) is -0.105. The maximum Gasteiger partial charge on any atom is 0.250 e. The number of hydrogen-bond donors (Lipinski definition) is 0. The van der Waals surface area contributed by atoms with E-state index in [1.165, 1.54) is 6.08 Å². The molecule has 1 aromatic rings. The molecule has 14 heavy (non-hydrogen) atoms. The molecule has 5 nitrogen and oxygen atoms in total. The molecule has 0 amide bonds. The van der Waals surface area contributed by atoms with Crippen LogP contribution in [0.4, 0.5) is 0 Å². The zero-order chi connectivity index (χ0) is 10.7. The lowest BCUT2D eigenvalue weighted by molar-refractivity contribution is -0.431. The lowest BCUT2D eigenvalue weighted by atomic mass is 10.1. The van der Waals surface area contributed by atoms with Gasteiger partial charge < -0.3 is 0 Å². The molecule has 0 atom stereocenters. The summed E-state index contributed by atoms with van der Waals surface area (Å²) in [5, 5.41) is 14.7. The van der Waals surface area contributed by atoms with Crippen LogP contribution in [0, 0.1) is 16.0 Å². The number of rotatable bonds is 3. The second-order valence-corrected chi connectivity index (χ2v) is 3.40. The highest BCUT2D eigenvalue weighted by molar-refractivity contribution is 5.46. The van der Waals surface area contributed by atoms with E-state index in [2.05, 4.69) is 5.10 Å². The lowest BCUT2D eigenvalue weighted by Gasteiger charge is -1.99. The first kappa shape index (κ1) is 10.4. The maximum atomic E-state index is 10.7. The van der Waals surface area contributed by atoms with Crippen molar-refractivity contribution in [2.24, 2.45) is 13.0 Å². The van der Waals surface area contributed by atoms with E-state index in [4.69, 9.17) is 0 Å². The fourth-order valence-electron chi connectivity index (χ4n) is 1.09. The number of nitro groups is 1. The van der Waals surface area contributed by atoms with Crippen molar-refractivity contribution in [2.75, 3.05) is 0 Å². The van der Waals surface area contributed by atoms with Crippen molar-refractivity contribution < 1.29 is 4.92 Å². The summed E-state index contributed by atoms with van der Waals surface area (Å²) in [6, 6.07) is 1.74. The SMILES string of the molecule is CC(C)/C(=C/c1ccn(C)n1)[N+](=O)[O-]. The Morgan fingerprint density at radius 1 is 1.71 bits per heavy atom. The monoisotopic (exact) mass is 195 g/mol. The Hall–Kier alpha value is -1.65. The van der Waals surface area contributed by atoms with Crippen molar-refractivity contribution in [1.82, 2.24) is 9.78 Å². The maximum absolute atomic E-state index is 10.7. The third-order valence-electron chi connectivity index (χ3n) is 1.83. The van der Waals surface area contributed by atoms with E-state index in [9.17, 15) is 10.1 Å². The summed E-state index contributed by atoms with van der Waals surface area (Å²) in [6.45, 7) is 3.58. The predicted molar refractivity (Wildman–Crippen MR) is 53.0 cm³/mol. The molecule has 0 saturated carbocycles. The van der Waals surface area contributed by atoms with Crippen LogP contribution in [-0.2, 0) is 7.05 Å². The van der Waals surface area contributed by atoms with E-state index in [0.717, 1.165) is 0 Å². The zero-order valence-electron chi connectivity index (χ0n) is 8.47. The average Bonchev–Trinajstić information content (AvgIpc) is 2.46. The van der Waals surface area contributed by atoms with Crippen LogP contribution in [0.15, 0.2) is 18.0 Å². The van der Waals surface area contributed by atoms with Crippen molar-refractivity contribution in [3.05, 3.63) is 33.8 Å². The molecular formula is C9H13N3O2. The molecular weight excluding hydrogens is 182 g/mol. The second-order valence-electron chi connectivity index (χ2n) is 3.40. The Bertz CT molecular complexity index is 366. The van der Waals surface area contributed by atoms with Gasteiger partial charge >= 0.3 is 0 Å². The van der Waals surface area contributed by atoms with E-state index >= 15 is 0 Å². The van der Waals surface area contributed by atoms with Crippen molar-refractivity contribution >= 4 is 6.08 Å². The van der Waals surface area contributed by atoms with Gasteiger partial charge in [-0.15, -0.1) is 0 Å². The highest BCUT2D eigenvalue weighted by atomic mass is 16.6. The molecule has 0 aliphatic heterocycles. The standard InChI is InChI=1S/C9H13N3O2/c1-7(2)9(12(13)14)6-8-4-5-11(3)10-8/h4-7H,1-3H3/b9-6-. The van der Waals surface area contributed by atoms with Gasteiger partial charge in [-0.3, -0.25) is 14.8 Å². The largest absolute Gasteiger partial charge is 0.275 e. The molecule has 0 fully saturated rings. The zero-order valence-corrected chi connectivity index (χ0v) is 8.47. The van der Waals surface area contributed by atoms with Crippen molar-refractivity contribution in [3.8, 4) is 0 Å². The first-order chi connectivity index (χ1) is 6.50. The highest BCUT2D eigenvalue weighted by Gasteiger charge is 2.15. The third-order valence-corrected chi connectivity index (χ3v) is 1.83. The molecule has 0 unspecified atom stereocenters. The van der Waals surface area contributed by atoms with Gasteiger partial charge in [-0.2, -0.15) is 5.10 Å². The van der Waals surface area contributed by atoms with Crippen molar-refractivity contribution in [2.45, 2.75) is 13.8 Å².